The summed E-state index contributed by atoms with van der Waals surface area (Å²) in [4.78, 5) is 22.9. The van der Waals surface area contributed by atoms with Crippen molar-refractivity contribution in [2.45, 2.75) is 31.9 Å². The number of hydrogen-bond donors (Lipinski definition) is 1. The van der Waals surface area contributed by atoms with E-state index in [4.69, 9.17) is 9.47 Å². The smallest absolute Gasteiger partial charge is 0.246 e. The molecule has 3 heterocycles. The number of piperidine rings is 1. The fraction of sp³-hybridized carbons (Fsp3) is 0.667. The molecular weight excluding hydrogens is 284 g/mol. The highest BCUT2D eigenvalue weighted by atomic mass is 16.5. The summed E-state index contributed by atoms with van der Waals surface area (Å²) < 4.78 is 10.2. The molecule has 120 valence electrons. The molecule has 0 bridgehead atoms. The summed E-state index contributed by atoms with van der Waals surface area (Å²) in [7, 11) is 1.53. The Hall–Kier alpha value is -1.73. The molecule has 1 aromatic heterocycles. The van der Waals surface area contributed by atoms with Crippen LogP contribution in [0.15, 0.2) is 6.20 Å². The van der Waals surface area contributed by atoms with Crippen LogP contribution in [-0.4, -0.2) is 55.3 Å². The molecule has 0 saturated carbocycles. The van der Waals surface area contributed by atoms with Crippen molar-refractivity contribution < 1.29 is 14.3 Å². The Bertz CT molecular complexity index is 530. The van der Waals surface area contributed by atoms with Crippen LogP contribution in [0.3, 0.4) is 0 Å². The predicted octanol–water partition coefficient (Wildman–Crippen LogP) is 0.281. The molecule has 0 aromatic carbocycles. The molecule has 0 unspecified atom stereocenters. The van der Waals surface area contributed by atoms with Gasteiger partial charge in [0.2, 0.25) is 11.9 Å². The van der Waals surface area contributed by atoms with Crippen LogP contribution >= 0.6 is 0 Å². The third-order valence-electron chi connectivity index (χ3n) is 4.10. The quantitative estimate of drug-likeness (QED) is 0.861. The lowest BCUT2D eigenvalue weighted by atomic mass is 10.1. The standard InChI is InChI=1S/C15H22N4O3/c1-21-10-14(20)17-12-2-5-19(6-3-12)15-16-8-11-9-22-7-4-13(11)18-15/h8,12H,2-7,9-10H2,1H3,(H,17,20). The normalized spacial score (nSPS) is 18.9. The number of amides is 1. The maximum absolute atomic E-state index is 11.5. The number of carbonyl (C=O) groups excluding carboxylic acids is 1. The Morgan fingerprint density at radius 1 is 1.50 bits per heavy atom. The molecule has 22 heavy (non-hydrogen) atoms. The molecule has 0 spiro atoms. The summed E-state index contributed by atoms with van der Waals surface area (Å²) in [5.74, 6) is 0.744. The Kier molecular flexibility index (Phi) is 4.84. The van der Waals surface area contributed by atoms with Gasteiger partial charge in [0.25, 0.3) is 0 Å². The van der Waals surface area contributed by atoms with Crippen molar-refractivity contribution in [2.75, 3.05) is 38.3 Å². The van der Waals surface area contributed by atoms with Crippen molar-refractivity contribution in [2.24, 2.45) is 0 Å². The highest BCUT2D eigenvalue weighted by Gasteiger charge is 2.23. The largest absolute Gasteiger partial charge is 0.376 e. The number of anilines is 1. The van der Waals surface area contributed by atoms with Crippen LogP contribution in [0.2, 0.25) is 0 Å². The summed E-state index contributed by atoms with van der Waals surface area (Å²) in [5.41, 5.74) is 2.20. The number of nitrogens with one attached hydrogen (secondary N) is 1. The van der Waals surface area contributed by atoms with Crippen molar-refractivity contribution in [1.29, 1.82) is 0 Å². The van der Waals surface area contributed by atoms with Crippen molar-refractivity contribution in [1.82, 2.24) is 15.3 Å². The lowest BCUT2D eigenvalue weighted by Gasteiger charge is -2.32. The molecule has 2 aliphatic rings. The maximum atomic E-state index is 11.5. The van der Waals surface area contributed by atoms with Crippen LogP contribution in [0, 0.1) is 0 Å². The average Bonchev–Trinajstić information content (AvgIpc) is 2.55. The Labute approximate surface area is 130 Å². The van der Waals surface area contributed by atoms with Crippen LogP contribution in [0.4, 0.5) is 5.95 Å². The Balaban J connectivity index is 1.56. The van der Waals surface area contributed by atoms with E-state index in [-0.39, 0.29) is 18.6 Å². The van der Waals surface area contributed by atoms with E-state index in [0.29, 0.717) is 6.61 Å². The Morgan fingerprint density at radius 3 is 3.09 bits per heavy atom. The van der Waals surface area contributed by atoms with Gasteiger partial charge in [-0.05, 0) is 12.8 Å². The van der Waals surface area contributed by atoms with Crippen LogP contribution in [0.1, 0.15) is 24.1 Å². The van der Waals surface area contributed by atoms with Gasteiger partial charge in [0.1, 0.15) is 6.61 Å². The van der Waals surface area contributed by atoms with Gasteiger partial charge in [-0.1, -0.05) is 0 Å². The zero-order valence-corrected chi connectivity index (χ0v) is 12.9. The average molecular weight is 306 g/mol. The monoisotopic (exact) mass is 306 g/mol. The lowest BCUT2D eigenvalue weighted by molar-refractivity contribution is -0.125. The lowest BCUT2D eigenvalue weighted by Crippen LogP contribution is -2.46. The second-order valence-electron chi connectivity index (χ2n) is 5.71. The van der Waals surface area contributed by atoms with E-state index in [1.807, 2.05) is 6.20 Å². The van der Waals surface area contributed by atoms with E-state index >= 15 is 0 Å². The van der Waals surface area contributed by atoms with Gasteiger partial charge >= 0.3 is 0 Å². The number of methoxy groups -OCH3 is 1. The minimum Gasteiger partial charge on any atom is -0.376 e. The van der Waals surface area contributed by atoms with E-state index in [2.05, 4.69) is 20.2 Å². The number of nitrogens with zero attached hydrogens (tertiary/aromatic N) is 3. The van der Waals surface area contributed by atoms with Gasteiger partial charge in [-0.15, -0.1) is 0 Å². The minimum atomic E-state index is -0.0500. The molecular formula is C15H22N4O3. The van der Waals surface area contributed by atoms with Gasteiger partial charge in [0.15, 0.2) is 0 Å². The van der Waals surface area contributed by atoms with Crippen LogP contribution in [-0.2, 0) is 27.3 Å². The van der Waals surface area contributed by atoms with E-state index in [0.717, 1.165) is 56.2 Å². The van der Waals surface area contributed by atoms with Crippen molar-refractivity contribution in [3.05, 3.63) is 17.5 Å². The highest BCUT2D eigenvalue weighted by Crippen LogP contribution is 2.20. The first-order valence-electron chi connectivity index (χ1n) is 7.72. The van der Waals surface area contributed by atoms with Gasteiger partial charge in [0, 0.05) is 44.4 Å². The van der Waals surface area contributed by atoms with Crippen LogP contribution in [0.5, 0.6) is 0 Å². The molecule has 1 fully saturated rings. The summed E-state index contributed by atoms with van der Waals surface area (Å²) in [6.07, 6.45) is 4.54. The minimum absolute atomic E-state index is 0.0500. The Morgan fingerprint density at radius 2 is 2.32 bits per heavy atom. The summed E-state index contributed by atoms with van der Waals surface area (Å²) in [5, 5.41) is 2.99. The van der Waals surface area contributed by atoms with Gasteiger partial charge in [0.05, 0.1) is 18.9 Å². The highest BCUT2D eigenvalue weighted by molar-refractivity contribution is 5.77. The molecule has 2 aliphatic heterocycles. The molecule has 7 heteroatoms. The predicted molar refractivity (Wildman–Crippen MR) is 80.6 cm³/mol. The van der Waals surface area contributed by atoms with Crippen LogP contribution < -0.4 is 10.2 Å². The van der Waals surface area contributed by atoms with Crippen LogP contribution in [0.25, 0.3) is 0 Å². The molecule has 3 rings (SSSR count). The first-order valence-corrected chi connectivity index (χ1v) is 7.72. The van der Waals surface area contributed by atoms with E-state index in [9.17, 15) is 4.79 Å². The summed E-state index contributed by atoms with van der Waals surface area (Å²) in [6, 6.07) is 0.213. The topological polar surface area (TPSA) is 76.6 Å². The third-order valence-corrected chi connectivity index (χ3v) is 4.10. The number of fused-ring (bicyclic) bond motifs is 1. The van der Waals surface area contributed by atoms with E-state index < -0.39 is 0 Å². The number of aromatic nitrogens is 2. The molecule has 0 aliphatic carbocycles. The third kappa shape index (κ3) is 3.53. The zero-order valence-electron chi connectivity index (χ0n) is 12.9. The summed E-state index contributed by atoms with van der Waals surface area (Å²) >= 11 is 0. The second kappa shape index (κ2) is 7.02. The molecule has 7 nitrogen and oxygen atoms in total. The molecule has 1 saturated heterocycles. The van der Waals surface area contributed by atoms with Gasteiger partial charge in [-0.2, -0.15) is 0 Å². The van der Waals surface area contributed by atoms with Gasteiger partial charge in [-0.3, -0.25) is 4.79 Å². The molecule has 1 N–H and O–H groups in total. The van der Waals surface area contributed by atoms with E-state index in [1.54, 1.807) is 0 Å². The van der Waals surface area contributed by atoms with Crippen molar-refractivity contribution in [3.63, 3.8) is 0 Å². The number of carbonyl (C=O) groups is 1. The fourth-order valence-corrected chi connectivity index (χ4v) is 2.90. The molecule has 1 amide bonds. The number of rotatable bonds is 4. The number of hydrogen-bond acceptors (Lipinski definition) is 6. The first kappa shape index (κ1) is 15.2. The molecule has 0 atom stereocenters. The second-order valence-corrected chi connectivity index (χ2v) is 5.71. The maximum Gasteiger partial charge on any atom is 0.246 e. The zero-order chi connectivity index (χ0) is 15.4. The van der Waals surface area contributed by atoms with Gasteiger partial charge < -0.3 is 19.7 Å². The van der Waals surface area contributed by atoms with Crippen molar-refractivity contribution >= 4 is 11.9 Å². The molecule has 0 radical (unpaired) electrons. The fourth-order valence-electron chi connectivity index (χ4n) is 2.90. The van der Waals surface area contributed by atoms with Gasteiger partial charge in [-0.25, -0.2) is 9.97 Å². The van der Waals surface area contributed by atoms with Crippen molar-refractivity contribution in [3.8, 4) is 0 Å². The number of ether oxygens (including phenoxy) is 2. The first-order chi connectivity index (χ1) is 10.8. The van der Waals surface area contributed by atoms with E-state index in [1.165, 1.54) is 7.11 Å². The SMILES string of the molecule is COCC(=O)NC1CCN(c2ncc3c(n2)CCOC3)CC1. The molecule has 1 aromatic rings. The summed E-state index contributed by atoms with van der Waals surface area (Å²) in [6.45, 7) is 3.18.